The van der Waals surface area contributed by atoms with E-state index in [1.165, 1.54) is 6.07 Å². The minimum atomic E-state index is -0.741. The molecule has 1 aromatic heterocycles. The maximum atomic E-state index is 15.0. The van der Waals surface area contributed by atoms with Crippen LogP contribution in [0.3, 0.4) is 0 Å². The molecule has 1 amide bonds. The summed E-state index contributed by atoms with van der Waals surface area (Å²) < 4.78 is 22.9. The Balaban J connectivity index is 1.11. The van der Waals surface area contributed by atoms with Crippen LogP contribution in [0.15, 0.2) is 42.6 Å². The highest BCUT2D eigenvalue weighted by atomic mass is 35.5. The number of benzene rings is 2. The van der Waals surface area contributed by atoms with E-state index < -0.39 is 17.7 Å². The van der Waals surface area contributed by atoms with E-state index in [-0.39, 0.29) is 53.1 Å². The van der Waals surface area contributed by atoms with Crippen molar-refractivity contribution < 1.29 is 33.5 Å². The summed E-state index contributed by atoms with van der Waals surface area (Å²) in [5, 5.41) is 14.5. The first kappa shape index (κ1) is 30.2. The number of Topliss-reactive ketones (excluding diaryl/α,β-unsaturated/α-hetero) is 1. The molecule has 1 atom stereocenters. The van der Waals surface area contributed by atoms with Gasteiger partial charge in [-0.2, -0.15) is 5.06 Å². The second kappa shape index (κ2) is 13.3. The van der Waals surface area contributed by atoms with E-state index in [4.69, 9.17) is 26.3 Å². The Hall–Kier alpha value is -3.31. The predicted molar refractivity (Wildman–Crippen MR) is 156 cm³/mol. The number of fused-ring (bicyclic) bond motifs is 1. The summed E-state index contributed by atoms with van der Waals surface area (Å²) in [4.78, 5) is 42.6. The maximum Gasteiger partial charge on any atom is 0.306 e. The second-order valence-electron chi connectivity index (χ2n) is 11.1. The molecule has 224 valence electrons. The highest BCUT2D eigenvalue weighted by Crippen LogP contribution is 2.29. The van der Waals surface area contributed by atoms with Crippen LogP contribution < -0.4 is 5.32 Å². The number of hydrogen-bond acceptors (Lipinski definition) is 6. The molecule has 0 unspecified atom stereocenters. The van der Waals surface area contributed by atoms with Gasteiger partial charge in [0, 0.05) is 37.1 Å². The summed E-state index contributed by atoms with van der Waals surface area (Å²) in [6, 6.07) is 9.97. The van der Waals surface area contributed by atoms with Crippen LogP contribution in [-0.2, 0) is 32.6 Å². The monoisotopic (exact) mass is 599 g/mol. The van der Waals surface area contributed by atoms with Crippen molar-refractivity contribution in [3.63, 3.8) is 0 Å². The van der Waals surface area contributed by atoms with Gasteiger partial charge in [-0.15, -0.1) is 0 Å². The molecule has 0 bridgehead atoms. The lowest BCUT2D eigenvalue weighted by Crippen LogP contribution is -2.37. The van der Waals surface area contributed by atoms with Gasteiger partial charge in [-0.05, 0) is 62.3 Å². The van der Waals surface area contributed by atoms with Gasteiger partial charge in [-0.1, -0.05) is 29.8 Å². The molecule has 2 aromatic carbocycles. The van der Waals surface area contributed by atoms with Crippen molar-refractivity contribution in [2.75, 3.05) is 25.1 Å². The first-order valence-electron chi connectivity index (χ1n) is 14.3. The number of carboxylic acids is 1. The molecule has 1 saturated heterocycles. The number of hydrogen-bond donors (Lipinski definition) is 2. The molecule has 1 aliphatic carbocycles. The third-order valence-electron chi connectivity index (χ3n) is 8.18. The molecule has 1 aliphatic heterocycles. The van der Waals surface area contributed by atoms with E-state index in [0.29, 0.717) is 31.6 Å². The predicted octanol–water partition coefficient (Wildman–Crippen LogP) is 5.39. The first-order chi connectivity index (χ1) is 20.2. The number of anilines is 1. The number of ether oxygens (including phenoxy) is 1. The lowest BCUT2D eigenvalue weighted by atomic mass is 9.87. The van der Waals surface area contributed by atoms with Gasteiger partial charge in [0.15, 0.2) is 5.78 Å². The van der Waals surface area contributed by atoms with Crippen LogP contribution in [0.2, 0.25) is 5.02 Å². The molecule has 5 rings (SSSR count). The van der Waals surface area contributed by atoms with Gasteiger partial charge in [0.05, 0.1) is 40.9 Å². The molecule has 9 nitrogen and oxygen atoms in total. The normalized spacial score (nSPS) is 21.1. The molecular formula is C31H35ClFN3O6. The van der Waals surface area contributed by atoms with Gasteiger partial charge in [0.1, 0.15) is 12.4 Å². The number of rotatable bonds is 11. The number of aromatic nitrogens is 1. The zero-order valence-electron chi connectivity index (χ0n) is 23.5. The van der Waals surface area contributed by atoms with Gasteiger partial charge < -0.3 is 19.7 Å². The minimum absolute atomic E-state index is 0.00538. The molecule has 2 heterocycles. The molecule has 3 aromatic rings. The van der Waals surface area contributed by atoms with Gasteiger partial charge >= 0.3 is 5.97 Å². The maximum absolute atomic E-state index is 15.0. The van der Waals surface area contributed by atoms with Crippen LogP contribution in [0, 0.1) is 11.7 Å². The zero-order valence-corrected chi connectivity index (χ0v) is 24.2. The SMILES string of the molecule is Cn1cc(C(=O)Nc2cc(F)c(CC(=O)CON3CCC[C@H]3COC3CCC(C(=O)O)CC3)cc2Cl)c2ccccc21. The standard InChI is InChI=1S/C31H35ClFN3O6/c1-35-16-25(24-6-2-3-7-29(24)35)30(38)34-28-15-27(33)20(14-26(28)32)13-22(37)18-42-36-12-4-5-21(36)17-41-23-10-8-19(9-11-23)31(39)40/h2-3,6-7,14-16,19,21,23H,4-5,8-13,17-18H2,1H3,(H,34,38)(H,39,40)/t19?,21-,23?/m0/s1. The summed E-state index contributed by atoms with van der Waals surface area (Å²) >= 11 is 6.38. The summed E-state index contributed by atoms with van der Waals surface area (Å²) in [6.07, 6.45) is 6.02. The Labute approximate surface area is 248 Å². The van der Waals surface area contributed by atoms with E-state index in [1.807, 2.05) is 35.9 Å². The number of carbonyl (C=O) groups is 3. The van der Waals surface area contributed by atoms with Crippen molar-refractivity contribution in [1.29, 1.82) is 0 Å². The van der Waals surface area contributed by atoms with Gasteiger partial charge in [-0.3, -0.25) is 19.2 Å². The number of nitrogens with zero attached hydrogens (tertiary/aromatic N) is 2. The van der Waals surface area contributed by atoms with Crippen molar-refractivity contribution in [3.8, 4) is 0 Å². The van der Waals surface area contributed by atoms with Crippen LogP contribution in [0.4, 0.5) is 10.1 Å². The molecule has 11 heteroatoms. The quantitative estimate of drug-likeness (QED) is 0.304. The number of carbonyl (C=O) groups excluding carboxylic acids is 2. The van der Waals surface area contributed by atoms with Crippen molar-refractivity contribution in [3.05, 3.63) is 64.6 Å². The summed E-state index contributed by atoms with van der Waals surface area (Å²) in [7, 11) is 1.84. The molecule has 1 saturated carbocycles. The van der Waals surface area contributed by atoms with Crippen molar-refractivity contribution in [1.82, 2.24) is 9.63 Å². The number of aryl methyl sites for hydroxylation is 1. The van der Waals surface area contributed by atoms with Crippen LogP contribution in [0.5, 0.6) is 0 Å². The Morgan fingerprint density at radius 2 is 1.88 bits per heavy atom. The van der Waals surface area contributed by atoms with Crippen LogP contribution in [0.25, 0.3) is 10.9 Å². The number of ketones is 1. The second-order valence-corrected chi connectivity index (χ2v) is 11.5. The molecule has 0 radical (unpaired) electrons. The zero-order chi connectivity index (χ0) is 29.8. The number of nitrogens with one attached hydrogen (secondary N) is 1. The molecule has 2 fully saturated rings. The lowest BCUT2D eigenvalue weighted by molar-refractivity contribution is -0.186. The average Bonchev–Trinajstić information content (AvgIpc) is 3.57. The first-order valence-corrected chi connectivity index (χ1v) is 14.7. The number of para-hydroxylation sites is 1. The van der Waals surface area contributed by atoms with E-state index in [2.05, 4.69) is 5.32 Å². The third kappa shape index (κ3) is 7.00. The highest BCUT2D eigenvalue weighted by Gasteiger charge is 2.30. The molecule has 2 N–H and O–H groups in total. The van der Waals surface area contributed by atoms with Crippen LogP contribution >= 0.6 is 11.6 Å². The third-order valence-corrected chi connectivity index (χ3v) is 8.49. The van der Waals surface area contributed by atoms with Crippen LogP contribution in [0.1, 0.15) is 54.4 Å². The Bertz CT molecular complexity index is 1470. The van der Waals surface area contributed by atoms with Crippen molar-refractivity contribution >= 4 is 45.9 Å². The number of aliphatic carboxylic acids is 1. The van der Waals surface area contributed by atoms with E-state index >= 15 is 0 Å². The molecule has 42 heavy (non-hydrogen) atoms. The summed E-state index contributed by atoms with van der Waals surface area (Å²) in [5.41, 5.74) is 1.58. The summed E-state index contributed by atoms with van der Waals surface area (Å²) in [5.74, 6) is -2.40. The van der Waals surface area contributed by atoms with Crippen molar-refractivity contribution in [2.45, 2.75) is 57.1 Å². The fourth-order valence-electron chi connectivity index (χ4n) is 5.82. The van der Waals surface area contributed by atoms with Crippen LogP contribution in [-0.4, -0.2) is 64.3 Å². The number of amides is 1. The van der Waals surface area contributed by atoms with Gasteiger partial charge in [0.25, 0.3) is 5.91 Å². The van der Waals surface area contributed by atoms with Crippen molar-refractivity contribution in [2.24, 2.45) is 13.0 Å². The molecular weight excluding hydrogens is 565 g/mol. The fourth-order valence-corrected chi connectivity index (χ4v) is 6.05. The Morgan fingerprint density at radius 1 is 1.12 bits per heavy atom. The average molecular weight is 600 g/mol. The van der Waals surface area contributed by atoms with E-state index in [1.54, 1.807) is 11.3 Å². The Morgan fingerprint density at radius 3 is 2.64 bits per heavy atom. The topological polar surface area (TPSA) is 110 Å². The fraction of sp³-hybridized carbons (Fsp3) is 0.452. The minimum Gasteiger partial charge on any atom is -0.481 e. The number of carboxylic acid groups (broad SMARTS) is 1. The van der Waals surface area contributed by atoms with Gasteiger partial charge in [-0.25, -0.2) is 4.39 Å². The largest absolute Gasteiger partial charge is 0.481 e. The lowest BCUT2D eigenvalue weighted by Gasteiger charge is -2.29. The van der Waals surface area contributed by atoms with E-state index in [0.717, 1.165) is 42.7 Å². The highest BCUT2D eigenvalue weighted by molar-refractivity contribution is 6.34. The smallest absolute Gasteiger partial charge is 0.306 e. The number of halogens is 2. The van der Waals surface area contributed by atoms with E-state index in [9.17, 15) is 18.8 Å². The summed E-state index contributed by atoms with van der Waals surface area (Å²) in [6.45, 7) is 0.905. The van der Waals surface area contributed by atoms with Gasteiger partial charge in [0.2, 0.25) is 0 Å². The Kier molecular flexibility index (Phi) is 9.57. The molecule has 0 spiro atoms. The molecule has 2 aliphatic rings. The number of hydroxylamine groups is 2.